The lowest BCUT2D eigenvalue weighted by molar-refractivity contribution is 0.103. The molecule has 2 aromatic carbocycles. The normalized spacial score (nSPS) is 10.8. The van der Waals surface area contributed by atoms with Crippen molar-refractivity contribution in [2.45, 2.75) is 6.92 Å². The molecular weight excluding hydrogens is 282 g/mol. The topological polar surface area (TPSA) is 30.0 Å². The van der Waals surface area contributed by atoms with Crippen LogP contribution in [0, 0.1) is 6.92 Å². The van der Waals surface area contributed by atoms with Gasteiger partial charge in [0.1, 0.15) is 0 Å². The van der Waals surface area contributed by atoms with Gasteiger partial charge in [0.25, 0.3) is 0 Å². The van der Waals surface area contributed by atoms with Crippen molar-refractivity contribution in [2.75, 3.05) is 0 Å². The number of carbonyl (C=O) groups excluding carboxylic acids is 1. The highest BCUT2D eigenvalue weighted by Crippen LogP contribution is 2.21. The molecule has 3 aromatic rings. The molecule has 112 valence electrons. The molecular formula is C21H17NO. The van der Waals surface area contributed by atoms with Crippen LogP contribution in [0.5, 0.6) is 0 Å². The van der Waals surface area contributed by atoms with E-state index in [9.17, 15) is 4.79 Å². The second-order valence-corrected chi connectivity index (χ2v) is 5.35. The maximum absolute atomic E-state index is 12.8. The predicted molar refractivity (Wildman–Crippen MR) is 94.2 cm³/mol. The lowest BCUT2D eigenvalue weighted by Crippen LogP contribution is -2.04. The number of aryl methyl sites for hydroxylation is 1. The molecule has 0 fully saturated rings. The number of rotatable bonds is 4. The quantitative estimate of drug-likeness (QED) is 0.648. The zero-order chi connectivity index (χ0) is 16.1. The van der Waals surface area contributed by atoms with Crippen LogP contribution in [-0.2, 0) is 0 Å². The Kier molecular flexibility index (Phi) is 4.44. The average Bonchev–Trinajstić information content (AvgIpc) is 2.61. The molecule has 0 aliphatic rings. The fourth-order valence-electron chi connectivity index (χ4n) is 2.50. The third kappa shape index (κ3) is 3.43. The van der Waals surface area contributed by atoms with Crippen molar-refractivity contribution in [3.05, 3.63) is 101 Å². The van der Waals surface area contributed by atoms with Crippen LogP contribution in [0.3, 0.4) is 0 Å². The fraction of sp³-hybridized carbons (Fsp3) is 0.0476. The summed E-state index contributed by atoms with van der Waals surface area (Å²) in [7, 11) is 0. The lowest BCUT2D eigenvalue weighted by Gasteiger charge is -2.08. The molecule has 1 heterocycles. The number of aromatic nitrogens is 1. The molecule has 3 rings (SSSR count). The Morgan fingerprint density at radius 2 is 1.61 bits per heavy atom. The average molecular weight is 299 g/mol. The highest BCUT2D eigenvalue weighted by molar-refractivity contribution is 6.11. The van der Waals surface area contributed by atoms with E-state index in [2.05, 4.69) is 4.98 Å². The van der Waals surface area contributed by atoms with Gasteiger partial charge >= 0.3 is 0 Å². The maximum Gasteiger partial charge on any atom is 0.193 e. The second-order valence-electron chi connectivity index (χ2n) is 5.35. The summed E-state index contributed by atoms with van der Waals surface area (Å²) >= 11 is 0. The number of hydrogen-bond acceptors (Lipinski definition) is 2. The van der Waals surface area contributed by atoms with E-state index in [1.54, 1.807) is 12.4 Å². The molecule has 0 amide bonds. The Bertz CT molecular complexity index is 836. The summed E-state index contributed by atoms with van der Waals surface area (Å²) in [6.07, 6.45) is 7.52. The van der Waals surface area contributed by atoms with Gasteiger partial charge in [-0.15, -0.1) is 0 Å². The molecule has 0 radical (unpaired) electrons. The largest absolute Gasteiger partial charge is 0.289 e. The van der Waals surface area contributed by atoms with Gasteiger partial charge < -0.3 is 0 Å². The van der Waals surface area contributed by atoms with E-state index in [-0.39, 0.29) is 5.78 Å². The Morgan fingerprint density at radius 1 is 0.870 bits per heavy atom. The van der Waals surface area contributed by atoms with Crippen molar-refractivity contribution < 1.29 is 4.79 Å². The highest BCUT2D eigenvalue weighted by Gasteiger charge is 2.13. The first kappa shape index (κ1) is 14.9. The monoisotopic (exact) mass is 299 g/mol. The number of ketones is 1. The van der Waals surface area contributed by atoms with Gasteiger partial charge in [-0.05, 0) is 35.7 Å². The van der Waals surface area contributed by atoms with Gasteiger partial charge in [-0.3, -0.25) is 9.78 Å². The smallest absolute Gasteiger partial charge is 0.193 e. The first-order valence-corrected chi connectivity index (χ1v) is 7.53. The lowest BCUT2D eigenvalue weighted by atomic mass is 9.94. The SMILES string of the molecule is Cc1cccc(C(=O)c2ccccc2)c1/C=C/c1ccncc1. The number of benzene rings is 2. The number of hydrogen-bond donors (Lipinski definition) is 0. The van der Waals surface area contributed by atoms with Crippen LogP contribution < -0.4 is 0 Å². The van der Waals surface area contributed by atoms with Crippen molar-refractivity contribution in [1.29, 1.82) is 0 Å². The predicted octanol–water partition coefficient (Wildman–Crippen LogP) is 4.79. The fourth-order valence-corrected chi connectivity index (χ4v) is 2.50. The Morgan fingerprint density at radius 3 is 2.35 bits per heavy atom. The van der Waals surface area contributed by atoms with Gasteiger partial charge in [-0.1, -0.05) is 60.7 Å². The Hall–Kier alpha value is -3.00. The minimum absolute atomic E-state index is 0.0451. The second kappa shape index (κ2) is 6.84. The minimum atomic E-state index is 0.0451. The standard InChI is InChI=1S/C21H17NO/c1-16-6-5-9-20(21(23)18-7-3-2-4-8-18)19(16)11-10-17-12-14-22-15-13-17/h2-15H,1H3/b11-10+. The van der Waals surface area contributed by atoms with Crippen molar-refractivity contribution >= 4 is 17.9 Å². The molecule has 0 atom stereocenters. The van der Waals surface area contributed by atoms with Crippen LogP contribution in [0.4, 0.5) is 0 Å². The van der Waals surface area contributed by atoms with Gasteiger partial charge in [0.05, 0.1) is 0 Å². The molecule has 1 aromatic heterocycles. The molecule has 0 aliphatic carbocycles. The molecule has 0 aliphatic heterocycles. The van der Waals surface area contributed by atoms with Crippen molar-refractivity contribution in [2.24, 2.45) is 0 Å². The highest BCUT2D eigenvalue weighted by atomic mass is 16.1. The van der Waals surface area contributed by atoms with E-state index in [0.717, 1.165) is 22.3 Å². The van der Waals surface area contributed by atoms with E-state index in [4.69, 9.17) is 0 Å². The van der Waals surface area contributed by atoms with Crippen LogP contribution in [-0.4, -0.2) is 10.8 Å². The van der Waals surface area contributed by atoms with Crippen LogP contribution >= 0.6 is 0 Å². The minimum Gasteiger partial charge on any atom is -0.289 e. The summed E-state index contributed by atoms with van der Waals surface area (Å²) in [5.74, 6) is 0.0451. The third-order valence-corrected chi connectivity index (χ3v) is 3.75. The van der Waals surface area contributed by atoms with Gasteiger partial charge in [0.15, 0.2) is 5.78 Å². The van der Waals surface area contributed by atoms with E-state index in [0.29, 0.717) is 5.56 Å². The van der Waals surface area contributed by atoms with Crippen LogP contribution in [0.1, 0.15) is 32.6 Å². The van der Waals surface area contributed by atoms with E-state index < -0.39 is 0 Å². The van der Waals surface area contributed by atoms with E-state index >= 15 is 0 Å². The molecule has 0 spiro atoms. The van der Waals surface area contributed by atoms with Crippen molar-refractivity contribution in [1.82, 2.24) is 4.98 Å². The Labute approximate surface area is 136 Å². The van der Waals surface area contributed by atoms with Crippen LogP contribution in [0.15, 0.2) is 73.1 Å². The first-order chi connectivity index (χ1) is 11.3. The molecule has 0 unspecified atom stereocenters. The summed E-state index contributed by atoms with van der Waals surface area (Å²) < 4.78 is 0. The summed E-state index contributed by atoms with van der Waals surface area (Å²) in [6.45, 7) is 2.02. The summed E-state index contributed by atoms with van der Waals surface area (Å²) in [4.78, 5) is 16.8. The number of nitrogens with zero attached hydrogens (tertiary/aromatic N) is 1. The van der Waals surface area contributed by atoms with Gasteiger partial charge in [-0.2, -0.15) is 0 Å². The van der Waals surface area contributed by atoms with Gasteiger partial charge in [0, 0.05) is 23.5 Å². The molecule has 2 heteroatoms. The summed E-state index contributed by atoms with van der Waals surface area (Å²) in [6, 6.07) is 19.1. The zero-order valence-corrected chi connectivity index (χ0v) is 12.9. The maximum atomic E-state index is 12.8. The van der Waals surface area contributed by atoms with E-state index in [1.807, 2.05) is 79.7 Å². The van der Waals surface area contributed by atoms with Crippen molar-refractivity contribution in [3.63, 3.8) is 0 Å². The molecule has 0 bridgehead atoms. The van der Waals surface area contributed by atoms with Crippen LogP contribution in [0.25, 0.3) is 12.2 Å². The molecule has 0 saturated carbocycles. The molecule has 2 nitrogen and oxygen atoms in total. The summed E-state index contributed by atoms with van der Waals surface area (Å²) in [5, 5.41) is 0. The summed E-state index contributed by atoms with van der Waals surface area (Å²) in [5.41, 5.74) is 4.52. The van der Waals surface area contributed by atoms with Crippen LogP contribution in [0.2, 0.25) is 0 Å². The Balaban J connectivity index is 2.01. The first-order valence-electron chi connectivity index (χ1n) is 7.53. The molecule has 23 heavy (non-hydrogen) atoms. The van der Waals surface area contributed by atoms with Crippen molar-refractivity contribution in [3.8, 4) is 0 Å². The molecule has 0 N–H and O–H groups in total. The zero-order valence-electron chi connectivity index (χ0n) is 12.9. The number of carbonyl (C=O) groups is 1. The van der Waals surface area contributed by atoms with E-state index in [1.165, 1.54) is 0 Å². The molecule has 0 saturated heterocycles. The van der Waals surface area contributed by atoms with Gasteiger partial charge in [-0.25, -0.2) is 0 Å². The third-order valence-electron chi connectivity index (χ3n) is 3.75. The van der Waals surface area contributed by atoms with Gasteiger partial charge in [0.2, 0.25) is 0 Å². The number of pyridine rings is 1.